The van der Waals surface area contributed by atoms with E-state index in [1.807, 2.05) is 30.3 Å². The predicted octanol–water partition coefficient (Wildman–Crippen LogP) is 2.35. The maximum absolute atomic E-state index is 12.5. The van der Waals surface area contributed by atoms with Crippen LogP contribution in [0.2, 0.25) is 0 Å². The molecule has 1 aliphatic rings. The molecule has 128 valence electrons. The molecule has 2 aromatic carbocycles. The molecule has 1 saturated heterocycles. The molecule has 3 rings (SSSR count). The fourth-order valence-corrected chi connectivity index (χ4v) is 2.96. The number of hydrogen-bond acceptors (Lipinski definition) is 4. The molecule has 1 aliphatic heterocycles. The predicted molar refractivity (Wildman–Crippen MR) is 94.2 cm³/mol. The van der Waals surface area contributed by atoms with Crippen molar-refractivity contribution < 1.29 is 14.3 Å². The summed E-state index contributed by atoms with van der Waals surface area (Å²) in [6, 6.07) is 14.7. The highest BCUT2D eigenvalue weighted by molar-refractivity contribution is 6.07. The molecule has 6 nitrogen and oxygen atoms in total. The summed E-state index contributed by atoms with van der Waals surface area (Å²) in [7, 11) is 2.92. The second-order valence-electron chi connectivity index (χ2n) is 6.12. The Morgan fingerprint density at radius 3 is 2.40 bits per heavy atom. The Morgan fingerprint density at radius 1 is 1.16 bits per heavy atom. The van der Waals surface area contributed by atoms with E-state index in [1.54, 1.807) is 32.2 Å². The van der Waals surface area contributed by atoms with E-state index in [9.17, 15) is 9.59 Å². The molecule has 0 aromatic heterocycles. The van der Waals surface area contributed by atoms with Crippen LogP contribution in [0.5, 0.6) is 0 Å². The number of guanidine groups is 1. The third-order valence-electron chi connectivity index (χ3n) is 4.49. The lowest BCUT2D eigenvalue weighted by atomic mass is 9.89. The lowest BCUT2D eigenvalue weighted by Gasteiger charge is -2.22. The molecule has 1 fully saturated rings. The normalized spacial score (nSPS) is 19.7. The molecule has 1 unspecified atom stereocenters. The molecular weight excluding hydrogens is 318 g/mol. The van der Waals surface area contributed by atoms with E-state index in [2.05, 4.69) is 5.32 Å². The average molecular weight is 337 g/mol. The summed E-state index contributed by atoms with van der Waals surface area (Å²) < 4.78 is 4.76. The molecule has 0 saturated carbocycles. The Labute approximate surface area is 145 Å². The highest BCUT2D eigenvalue weighted by Gasteiger charge is 2.45. The van der Waals surface area contributed by atoms with E-state index in [1.165, 1.54) is 12.0 Å². The molecule has 0 radical (unpaired) electrons. The van der Waals surface area contributed by atoms with E-state index < -0.39 is 11.5 Å². The molecule has 0 spiro atoms. The molecule has 1 heterocycles. The van der Waals surface area contributed by atoms with Gasteiger partial charge in [-0.1, -0.05) is 30.3 Å². The van der Waals surface area contributed by atoms with E-state index in [-0.39, 0.29) is 11.9 Å². The first-order valence-corrected chi connectivity index (χ1v) is 7.81. The summed E-state index contributed by atoms with van der Waals surface area (Å²) >= 11 is 0. The zero-order valence-corrected chi connectivity index (χ0v) is 14.3. The first-order valence-electron chi connectivity index (χ1n) is 7.81. The zero-order chi connectivity index (χ0) is 18.2. The van der Waals surface area contributed by atoms with Gasteiger partial charge in [0.05, 0.1) is 12.7 Å². The lowest BCUT2D eigenvalue weighted by molar-refractivity contribution is -0.129. The number of benzene rings is 2. The van der Waals surface area contributed by atoms with Gasteiger partial charge in [0.15, 0.2) is 5.96 Å². The molecule has 0 aliphatic carbocycles. The van der Waals surface area contributed by atoms with Crippen molar-refractivity contribution in [1.82, 2.24) is 10.2 Å². The van der Waals surface area contributed by atoms with Crippen LogP contribution in [0.1, 0.15) is 22.8 Å². The average Bonchev–Trinajstić information content (AvgIpc) is 2.85. The molecule has 6 heteroatoms. The van der Waals surface area contributed by atoms with Crippen LogP contribution in [-0.2, 0) is 15.1 Å². The number of methoxy groups -OCH3 is 1. The van der Waals surface area contributed by atoms with E-state index in [0.717, 1.165) is 16.7 Å². The van der Waals surface area contributed by atoms with Gasteiger partial charge in [-0.05, 0) is 41.8 Å². The van der Waals surface area contributed by atoms with Gasteiger partial charge in [0.1, 0.15) is 5.54 Å². The minimum absolute atomic E-state index is 0.0746. The van der Waals surface area contributed by atoms with Crippen molar-refractivity contribution in [2.45, 2.75) is 12.5 Å². The van der Waals surface area contributed by atoms with Gasteiger partial charge in [0.2, 0.25) is 0 Å². The Balaban J connectivity index is 2.02. The van der Waals surface area contributed by atoms with E-state index in [4.69, 9.17) is 10.1 Å². The summed E-state index contributed by atoms with van der Waals surface area (Å²) in [6.07, 6.45) is 0. The van der Waals surface area contributed by atoms with Gasteiger partial charge in [-0.15, -0.1) is 0 Å². The Bertz CT molecular complexity index is 878. The summed E-state index contributed by atoms with van der Waals surface area (Å²) in [6.45, 7) is 1.76. The zero-order valence-electron chi connectivity index (χ0n) is 14.3. The minimum Gasteiger partial charge on any atom is -0.465 e. The first kappa shape index (κ1) is 16.7. The van der Waals surface area contributed by atoms with Crippen molar-refractivity contribution in [1.29, 1.82) is 5.41 Å². The number of carbonyl (C=O) groups is 2. The fraction of sp³-hybridized carbons (Fsp3) is 0.211. The second kappa shape index (κ2) is 6.05. The third-order valence-corrected chi connectivity index (χ3v) is 4.49. The van der Waals surface area contributed by atoms with Crippen LogP contribution in [0.15, 0.2) is 48.5 Å². The summed E-state index contributed by atoms with van der Waals surface area (Å²) in [4.78, 5) is 25.6. The quantitative estimate of drug-likeness (QED) is 0.842. The van der Waals surface area contributed by atoms with Crippen LogP contribution in [0.25, 0.3) is 11.1 Å². The van der Waals surface area contributed by atoms with Crippen LogP contribution in [0, 0.1) is 5.41 Å². The van der Waals surface area contributed by atoms with Crippen LogP contribution in [0.4, 0.5) is 0 Å². The van der Waals surface area contributed by atoms with Crippen molar-refractivity contribution in [2.75, 3.05) is 14.2 Å². The lowest BCUT2D eigenvalue weighted by Crippen LogP contribution is -2.40. The maximum atomic E-state index is 12.5. The van der Waals surface area contributed by atoms with Crippen molar-refractivity contribution >= 4 is 17.8 Å². The van der Waals surface area contributed by atoms with Gasteiger partial charge in [0, 0.05) is 7.05 Å². The topological polar surface area (TPSA) is 82.5 Å². The Morgan fingerprint density at radius 2 is 1.80 bits per heavy atom. The molecule has 0 bridgehead atoms. The fourth-order valence-electron chi connectivity index (χ4n) is 2.96. The number of carbonyl (C=O) groups excluding carboxylic acids is 2. The number of amides is 1. The third kappa shape index (κ3) is 2.76. The van der Waals surface area contributed by atoms with Crippen molar-refractivity contribution in [3.8, 4) is 11.1 Å². The number of ether oxygens (including phenoxy) is 1. The largest absolute Gasteiger partial charge is 0.465 e. The summed E-state index contributed by atoms with van der Waals surface area (Å²) in [5.41, 5.74) is 1.96. The number of likely N-dealkylation sites (N-methyl/N-ethyl adjacent to an activating group) is 1. The summed E-state index contributed by atoms with van der Waals surface area (Å²) in [5, 5.41) is 10.8. The SMILES string of the molecule is COC(=O)c1cccc(-c2cccc(C3(C)NC(=N)N(C)C3=O)c2)c1. The highest BCUT2D eigenvalue weighted by atomic mass is 16.5. The van der Waals surface area contributed by atoms with E-state index >= 15 is 0 Å². The van der Waals surface area contributed by atoms with Gasteiger partial charge in [-0.25, -0.2) is 4.79 Å². The van der Waals surface area contributed by atoms with Crippen molar-refractivity contribution in [3.05, 3.63) is 59.7 Å². The molecule has 1 atom stereocenters. The monoisotopic (exact) mass is 337 g/mol. The van der Waals surface area contributed by atoms with E-state index in [0.29, 0.717) is 5.56 Å². The molecule has 1 amide bonds. The minimum atomic E-state index is -0.984. The van der Waals surface area contributed by atoms with Crippen LogP contribution in [0.3, 0.4) is 0 Å². The number of nitrogens with one attached hydrogen (secondary N) is 2. The molecule has 25 heavy (non-hydrogen) atoms. The second-order valence-corrected chi connectivity index (χ2v) is 6.12. The van der Waals surface area contributed by atoms with Gasteiger partial charge in [0.25, 0.3) is 5.91 Å². The Hall–Kier alpha value is -3.15. The Kier molecular flexibility index (Phi) is 4.04. The molecule has 2 aromatic rings. The van der Waals surface area contributed by atoms with Crippen molar-refractivity contribution in [3.63, 3.8) is 0 Å². The van der Waals surface area contributed by atoms with Gasteiger partial charge in [-0.2, -0.15) is 0 Å². The smallest absolute Gasteiger partial charge is 0.337 e. The van der Waals surface area contributed by atoms with Crippen LogP contribution < -0.4 is 5.32 Å². The summed E-state index contributed by atoms with van der Waals surface area (Å²) in [5.74, 6) is -0.503. The van der Waals surface area contributed by atoms with Crippen LogP contribution in [-0.4, -0.2) is 36.9 Å². The van der Waals surface area contributed by atoms with Gasteiger partial charge >= 0.3 is 5.97 Å². The first-order chi connectivity index (χ1) is 11.9. The number of esters is 1. The number of hydrogen-bond donors (Lipinski definition) is 2. The molecule has 2 N–H and O–H groups in total. The standard InChI is InChI=1S/C19H19N3O3/c1-19(17(24)22(2)18(20)21-19)15-9-5-7-13(11-15)12-6-4-8-14(10-12)16(23)25-3/h4-11H,1-3H3,(H2,20,21). The van der Waals surface area contributed by atoms with Gasteiger partial charge in [-0.3, -0.25) is 15.1 Å². The number of nitrogens with zero attached hydrogens (tertiary/aromatic N) is 1. The maximum Gasteiger partial charge on any atom is 0.337 e. The van der Waals surface area contributed by atoms with Crippen molar-refractivity contribution in [2.24, 2.45) is 0 Å². The molecular formula is C19H19N3O3. The highest BCUT2D eigenvalue weighted by Crippen LogP contribution is 2.31. The van der Waals surface area contributed by atoms with Crippen LogP contribution >= 0.6 is 0 Å². The van der Waals surface area contributed by atoms with Gasteiger partial charge < -0.3 is 10.1 Å². The number of rotatable bonds is 3.